The van der Waals surface area contributed by atoms with E-state index in [4.69, 9.17) is 17.2 Å². The predicted molar refractivity (Wildman–Crippen MR) is 99.1 cm³/mol. The second-order valence-corrected chi connectivity index (χ2v) is 18.6. The normalized spacial score (nSPS) is 9.36. The van der Waals surface area contributed by atoms with E-state index in [9.17, 15) is 0 Å². The molecule has 0 aliphatic heterocycles. The van der Waals surface area contributed by atoms with Gasteiger partial charge in [-0.05, 0) is 0 Å². The van der Waals surface area contributed by atoms with Crippen LogP contribution in [0.5, 0.6) is 0 Å². The van der Waals surface area contributed by atoms with E-state index in [2.05, 4.69) is 62.4 Å². The fourth-order valence-electron chi connectivity index (χ4n) is 1.78. The summed E-state index contributed by atoms with van der Waals surface area (Å²) in [5.74, 6) is 0. The first kappa shape index (κ1) is 19.5. The molecule has 0 saturated heterocycles. The van der Waals surface area contributed by atoms with Gasteiger partial charge in [0.15, 0.2) is 0 Å². The summed E-state index contributed by atoms with van der Waals surface area (Å²) in [6.45, 7) is 8.20. The van der Waals surface area contributed by atoms with Gasteiger partial charge in [-0.1, -0.05) is 19.9 Å². The van der Waals surface area contributed by atoms with Gasteiger partial charge < -0.3 is 0 Å². The van der Waals surface area contributed by atoms with Crippen LogP contribution in [0.3, 0.4) is 0 Å². The van der Waals surface area contributed by atoms with Gasteiger partial charge in [-0.25, -0.2) is 11.6 Å². The van der Waals surface area contributed by atoms with Gasteiger partial charge in [-0.2, -0.15) is 29.8 Å². The van der Waals surface area contributed by atoms with Crippen LogP contribution in [0.4, 0.5) is 0 Å². The fraction of sp³-hybridized carbons (Fsp3) is 0.211. The quantitative estimate of drug-likeness (QED) is 0.238. The molecule has 0 radical (unpaired) electrons. The van der Waals surface area contributed by atoms with Gasteiger partial charge in [0.05, 0.1) is 0 Å². The second kappa shape index (κ2) is 10.3. The zero-order valence-corrected chi connectivity index (χ0v) is 18.6. The average Bonchev–Trinajstić information content (AvgIpc) is 3.10. The molecule has 0 fully saturated rings. The SMILES string of the molecule is C[C](C)=[Hf]([Cl])[Cl].Cc1c[cH-]c2ccccc12.Cc1cc[cH-]c1. The fourth-order valence-corrected chi connectivity index (χ4v) is 1.78. The molecule has 0 aliphatic rings. The monoisotopic (exact) mass is 500 g/mol. The van der Waals surface area contributed by atoms with Gasteiger partial charge in [-0.15, -0.1) is 35.0 Å². The van der Waals surface area contributed by atoms with Crippen LogP contribution in [-0.2, 0) is 18.6 Å². The first-order valence-electron chi connectivity index (χ1n) is 7.19. The Balaban J connectivity index is 0.000000176. The maximum absolute atomic E-state index is 5.55. The van der Waals surface area contributed by atoms with Gasteiger partial charge >= 0.3 is 52.8 Å². The van der Waals surface area contributed by atoms with Crippen molar-refractivity contribution >= 4 is 31.2 Å². The summed E-state index contributed by atoms with van der Waals surface area (Å²) >= 11 is -1.97. The summed E-state index contributed by atoms with van der Waals surface area (Å²) in [4.78, 5) is 0. The first-order valence-corrected chi connectivity index (χ1v) is 17.9. The Kier molecular flexibility index (Phi) is 9.16. The van der Waals surface area contributed by atoms with E-state index in [-0.39, 0.29) is 0 Å². The molecule has 0 atom stereocenters. The molecular weight excluding hydrogens is 478 g/mol. The zero-order valence-electron chi connectivity index (χ0n) is 13.5. The number of hydrogen-bond donors (Lipinski definition) is 0. The van der Waals surface area contributed by atoms with E-state index in [1.165, 1.54) is 25.2 Å². The van der Waals surface area contributed by atoms with Crippen molar-refractivity contribution in [1.82, 2.24) is 0 Å². The van der Waals surface area contributed by atoms with Crippen molar-refractivity contribution in [3.05, 3.63) is 71.8 Å². The number of rotatable bonds is 0. The minimum atomic E-state index is -1.97. The third kappa shape index (κ3) is 7.17. The standard InChI is InChI=1S/C10H9.C6H7.C3H6.2ClH.Hf/c1-8-6-7-9-4-2-3-5-10(8)9;1-6-4-2-3-5-6;1-3-2;;;/h2-7H,1H3;2-5H,1H3;1-2H3;2*1H;/q2*-1;;;;+2/p-2. The molecule has 3 heteroatoms. The summed E-state index contributed by atoms with van der Waals surface area (Å²) in [7, 11) is 11.1. The van der Waals surface area contributed by atoms with Crippen LogP contribution >= 0.6 is 17.2 Å². The van der Waals surface area contributed by atoms with Crippen LogP contribution in [-0.4, -0.2) is 3.26 Å². The van der Waals surface area contributed by atoms with Crippen LogP contribution in [0.1, 0.15) is 25.0 Å². The maximum Gasteiger partial charge on any atom is -0.0809 e. The van der Waals surface area contributed by atoms with E-state index in [1.54, 1.807) is 0 Å². The number of benzene rings is 1. The molecule has 3 aromatic carbocycles. The molecule has 22 heavy (non-hydrogen) atoms. The molecule has 3 rings (SSSR count). The topological polar surface area (TPSA) is 0 Å². The Morgan fingerprint density at radius 1 is 1.00 bits per heavy atom. The van der Waals surface area contributed by atoms with Crippen molar-refractivity contribution < 1.29 is 18.6 Å². The third-order valence-electron chi connectivity index (χ3n) is 3.11. The third-order valence-corrected chi connectivity index (χ3v) is 12.0. The predicted octanol–water partition coefficient (Wildman–Crippen LogP) is 6.71. The van der Waals surface area contributed by atoms with Crippen molar-refractivity contribution in [2.24, 2.45) is 0 Å². The second-order valence-electron chi connectivity index (χ2n) is 5.33. The Labute approximate surface area is 148 Å². The Morgan fingerprint density at radius 2 is 1.64 bits per heavy atom. The van der Waals surface area contributed by atoms with E-state index in [1.807, 2.05) is 26.0 Å². The van der Waals surface area contributed by atoms with E-state index in [0.717, 1.165) is 0 Å². The molecule has 0 spiro atoms. The van der Waals surface area contributed by atoms with Crippen LogP contribution in [0.2, 0.25) is 0 Å². The average molecular weight is 500 g/mol. The van der Waals surface area contributed by atoms with Crippen LogP contribution in [0, 0.1) is 13.8 Å². The summed E-state index contributed by atoms with van der Waals surface area (Å²) in [5, 5.41) is 2.72. The smallest absolute Gasteiger partial charge is 0.0809 e. The largest absolute Gasteiger partial charge is 0.211 e. The number of hydrogen-bond acceptors (Lipinski definition) is 0. The minimum Gasteiger partial charge on any atom is -0.211 e. The van der Waals surface area contributed by atoms with Gasteiger partial charge in [0, 0.05) is 0 Å². The maximum atomic E-state index is 5.55. The van der Waals surface area contributed by atoms with Crippen molar-refractivity contribution in [2.45, 2.75) is 27.7 Å². The molecule has 0 N–H and O–H groups in total. The molecule has 0 aromatic heterocycles. The van der Waals surface area contributed by atoms with Crippen molar-refractivity contribution in [1.29, 1.82) is 0 Å². The summed E-state index contributed by atoms with van der Waals surface area (Å²) in [6.07, 6.45) is 0. The molecule has 0 heterocycles. The summed E-state index contributed by atoms with van der Waals surface area (Å²) in [5.41, 5.74) is 2.71. The summed E-state index contributed by atoms with van der Waals surface area (Å²) in [6, 6.07) is 21.0. The zero-order chi connectivity index (χ0) is 16.5. The van der Waals surface area contributed by atoms with Gasteiger partial charge in [0.2, 0.25) is 0 Å². The van der Waals surface area contributed by atoms with E-state index >= 15 is 0 Å². The van der Waals surface area contributed by atoms with E-state index in [0.29, 0.717) is 0 Å². The molecule has 0 bridgehead atoms. The molecule has 118 valence electrons. The first-order chi connectivity index (χ1) is 10.4. The molecular formula is C19H22Cl2Hf-2. The Bertz CT molecular complexity index is 688. The van der Waals surface area contributed by atoms with Gasteiger partial charge in [0.25, 0.3) is 0 Å². The molecule has 0 amide bonds. The van der Waals surface area contributed by atoms with Gasteiger partial charge in [0.1, 0.15) is 0 Å². The number of halogens is 2. The molecule has 0 unspecified atom stereocenters. The van der Waals surface area contributed by atoms with Crippen LogP contribution in [0.15, 0.2) is 60.7 Å². The number of aryl methyl sites for hydroxylation is 2. The van der Waals surface area contributed by atoms with Crippen molar-refractivity contribution in [3.8, 4) is 0 Å². The Morgan fingerprint density at radius 3 is 2.05 bits per heavy atom. The molecule has 0 nitrogen and oxygen atoms in total. The minimum absolute atomic E-state index is 1.25. The van der Waals surface area contributed by atoms with Crippen LogP contribution in [0.25, 0.3) is 10.8 Å². The molecule has 0 saturated carbocycles. The van der Waals surface area contributed by atoms with Crippen LogP contribution < -0.4 is 0 Å². The van der Waals surface area contributed by atoms with Gasteiger partial charge in [-0.3, -0.25) is 0 Å². The van der Waals surface area contributed by atoms with E-state index < -0.39 is 18.6 Å². The van der Waals surface area contributed by atoms with Crippen molar-refractivity contribution in [2.75, 3.05) is 0 Å². The molecule has 0 aliphatic carbocycles. The molecule has 3 aromatic rings. The van der Waals surface area contributed by atoms with Crippen molar-refractivity contribution in [3.63, 3.8) is 0 Å². The summed E-state index contributed by atoms with van der Waals surface area (Å²) < 4.78 is 1.25. The Hall–Kier alpha value is -0.500. The number of fused-ring (bicyclic) bond motifs is 1.